The number of nitrogens with one attached hydrogen (secondary N) is 2. The molecule has 2 N–H and O–H groups in total. The Morgan fingerprint density at radius 1 is 1.32 bits per heavy atom. The van der Waals surface area contributed by atoms with Gasteiger partial charge in [0.15, 0.2) is 0 Å². The summed E-state index contributed by atoms with van der Waals surface area (Å²) in [5.41, 5.74) is 0.385. The van der Waals surface area contributed by atoms with Gasteiger partial charge in [-0.2, -0.15) is 5.10 Å². The SMILES string of the molecule is CN(C)S(=O)(=O)c1ccccc1CNc1cn[nH]c(=O)c1Cl. The molecule has 1 heterocycles. The number of H-pyrrole nitrogens is 1. The Labute approximate surface area is 133 Å². The number of nitrogens with zero attached hydrogens (tertiary/aromatic N) is 2. The van der Waals surface area contributed by atoms with E-state index in [9.17, 15) is 13.2 Å². The molecule has 9 heteroatoms. The second kappa shape index (κ2) is 6.47. The number of benzene rings is 1. The van der Waals surface area contributed by atoms with Crippen LogP contribution in [0.1, 0.15) is 5.56 Å². The first-order valence-corrected chi connectivity index (χ1v) is 8.13. The molecular formula is C13H15ClN4O3S. The minimum absolute atomic E-state index is 0.0250. The lowest BCUT2D eigenvalue weighted by atomic mass is 10.2. The molecule has 0 atom stereocenters. The van der Waals surface area contributed by atoms with E-state index in [0.29, 0.717) is 11.3 Å². The normalized spacial score (nSPS) is 11.6. The van der Waals surface area contributed by atoms with Crippen LogP contribution in [0.3, 0.4) is 0 Å². The van der Waals surface area contributed by atoms with E-state index in [2.05, 4.69) is 15.5 Å². The van der Waals surface area contributed by atoms with Gasteiger partial charge in [-0.05, 0) is 11.6 Å². The molecular weight excluding hydrogens is 328 g/mol. The summed E-state index contributed by atoms with van der Waals surface area (Å²) in [6, 6.07) is 6.62. The Kier molecular flexibility index (Phi) is 4.84. The first-order chi connectivity index (χ1) is 10.3. The van der Waals surface area contributed by atoms with Crippen LogP contribution >= 0.6 is 11.6 Å². The highest BCUT2D eigenvalue weighted by Crippen LogP contribution is 2.21. The standard InChI is InChI=1S/C13H15ClN4O3S/c1-18(2)22(20,21)11-6-4-3-5-9(11)7-15-10-8-16-17-13(19)12(10)14/h3-6,8H,7H2,1-2H3,(H2,15,17,19). The average molecular weight is 343 g/mol. The molecule has 0 amide bonds. The summed E-state index contributed by atoms with van der Waals surface area (Å²) >= 11 is 5.87. The molecule has 0 saturated carbocycles. The highest BCUT2D eigenvalue weighted by molar-refractivity contribution is 7.89. The predicted molar refractivity (Wildman–Crippen MR) is 84.5 cm³/mol. The zero-order chi connectivity index (χ0) is 16.3. The molecule has 0 saturated heterocycles. The lowest BCUT2D eigenvalue weighted by molar-refractivity contribution is 0.520. The molecule has 0 aliphatic heterocycles. The Hall–Kier alpha value is -1.90. The Bertz CT molecular complexity index is 833. The number of anilines is 1. The van der Waals surface area contributed by atoms with Crippen molar-refractivity contribution in [2.75, 3.05) is 19.4 Å². The highest BCUT2D eigenvalue weighted by atomic mass is 35.5. The number of hydrogen-bond acceptors (Lipinski definition) is 5. The molecule has 0 fully saturated rings. The number of hydrogen-bond donors (Lipinski definition) is 2. The van der Waals surface area contributed by atoms with E-state index in [1.807, 2.05) is 0 Å². The molecule has 0 unspecified atom stereocenters. The smallest absolute Gasteiger partial charge is 0.285 e. The Morgan fingerprint density at radius 2 is 2.00 bits per heavy atom. The summed E-state index contributed by atoms with van der Waals surface area (Å²) in [7, 11) is -0.615. The second-order valence-electron chi connectivity index (χ2n) is 4.68. The van der Waals surface area contributed by atoms with E-state index >= 15 is 0 Å². The highest BCUT2D eigenvalue weighted by Gasteiger charge is 2.20. The van der Waals surface area contributed by atoms with Crippen molar-refractivity contribution in [2.45, 2.75) is 11.4 Å². The third-order valence-electron chi connectivity index (χ3n) is 3.00. The zero-order valence-corrected chi connectivity index (χ0v) is 13.6. The van der Waals surface area contributed by atoms with Gasteiger partial charge >= 0.3 is 0 Å². The van der Waals surface area contributed by atoms with E-state index in [1.165, 1.54) is 26.4 Å². The van der Waals surface area contributed by atoms with Crippen LogP contribution in [-0.2, 0) is 16.6 Å². The summed E-state index contributed by atoms with van der Waals surface area (Å²) < 4.78 is 25.7. The van der Waals surface area contributed by atoms with Gasteiger partial charge in [0.05, 0.1) is 16.8 Å². The average Bonchev–Trinajstić information content (AvgIpc) is 2.49. The molecule has 2 aromatic rings. The minimum Gasteiger partial charge on any atom is -0.378 e. The van der Waals surface area contributed by atoms with E-state index < -0.39 is 15.6 Å². The number of rotatable bonds is 5. The van der Waals surface area contributed by atoms with Crippen LogP contribution in [0.4, 0.5) is 5.69 Å². The fraction of sp³-hybridized carbons (Fsp3) is 0.231. The number of sulfonamides is 1. The van der Waals surface area contributed by atoms with Crippen molar-refractivity contribution in [1.82, 2.24) is 14.5 Å². The maximum absolute atomic E-state index is 12.3. The molecule has 118 valence electrons. The van der Waals surface area contributed by atoms with Gasteiger partial charge in [0, 0.05) is 20.6 Å². The van der Waals surface area contributed by atoms with Crippen LogP contribution in [0.2, 0.25) is 5.02 Å². The van der Waals surface area contributed by atoms with Gasteiger partial charge in [0.1, 0.15) is 5.02 Å². The molecule has 0 aliphatic carbocycles. The van der Waals surface area contributed by atoms with Crippen LogP contribution in [0, 0.1) is 0 Å². The summed E-state index contributed by atoms with van der Waals surface area (Å²) in [6.45, 7) is 0.189. The van der Waals surface area contributed by atoms with Gasteiger partial charge in [-0.3, -0.25) is 4.79 Å². The molecule has 1 aromatic heterocycles. The van der Waals surface area contributed by atoms with Crippen molar-refractivity contribution < 1.29 is 8.42 Å². The summed E-state index contributed by atoms with van der Waals surface area (Å²) in [5.74, 6) is 0. The fourth-order valence-corrected chi connectivity index (χ4v) is 3.07. The third kappa shape index (κ3) is 3.29. The third-order valence-corrected chi connectivity index (χ3v) is 5.29. The zero-order valence-electron chi connectivity index (χ0n) is 12.0. The number of halogens is 1. The summed E-state index contributed by atoms with van der Waals surface area (Å²) in [4.78, 5) is 11.6. The maximum atomic E-state index is 12.3. The molecule has 0 bridgehead atoms. The summed E-state index contributed by atoms with van der Waals surface area (Å²) in [6.07, 6.45) is 1.37. The summed E-state index contributed by atoms with van der Waals surface area (Å²) in [5, 5.41) is 8.75. The van der Waals surface area contributed by atoms with Crippen molar-refractivity contribution in [3.05, 3.63) is 51.4 Å². The van der Waals surface area contributed by atoms with Gasteiger partial charge in [0.2, 0.25) is 10.0 Å². The molecule has 22 heavy (non-hydrogen) atoms. The van der Waals surface area contributed by atoms with Crippen LogP contribution in [0.15, 0.2) is 40.2 Å². The molecule has 2 rings (SSSR count). The maximum Gasteiger partial charge on any atom is 0.285 e. The molecule has 0 aliphatic rings. The lowest BCUT2D eigenvalue weighted by Crippen LogP contribution is -2.24. The van der Waals surface area contributed by atoms with Gasteiger partial charge in [-0.15, -0.1) is 0 Å². The second-order valence-corrected chi connectivity index (χ2v) is 7.17. The molecule has 1 aromatic carbocycles. The topological polar surface area (TPSA) is 95.2 Å². The van der Waals surface area contributed by atoms with Crippen molar-refractivity contribution >= 4 is 27.3 Å². The van der Waals surface area contributed by atoms with Crippen molar-refractivity contribution in [2.24, 2.45) is 0 Å². The van der Waals surface area contributed by atoms with Crippen LogP contribution in [0.5, 0.6) is 0 Å². The Morgan fingerprint density at radius 3 is 2.68 bits per heavy atom. The number of aromatic amines is 1. The van der Waals surface area contributed by atoms with E-state index in [1.54, 1.807) is 18.2 Å². The van der Waals surface area contributed by atoms with Gasteiger partial charge in [-0.1, -0.05) is 29.8 Å². The van der Waals surface area contributed by atoms with Gasteiger partial charge < -0.3 is 5.32 Å². The molecule has 0 spiro atoms. The Balaban J connectivity index is 2.32. The lowest BCUT2D eigenvalue weighted by Gasteiger charge is -2.16. The van der Waals surface area contributed by atoms with Crippen molar-refractivity contribution in [3.63, 3.8) is 0 Å². The first-order valence-electron chi connectivity index (χ1n) is 6.31. The van der Waals surface area contributed by atoms with Gasteiger partial charge in [-0.25, -0.2) is 17.8 Å². The van der Waals surface area contributed by atoms with Crippen LogP contribution < -0.4 is 10.9 Å². The van der Waals surface area contributed by atoms with E-state index in [-0.39, 0.29) is 16.5 Å². The molecule has 7 nitrogen and oxygen atoms in total. The monoisotopic (exact) mass is 342 g/mol. The molecule has 0 radical (unpaired) electrons. The fourth-order valence-electron chi connectivity index (χ4n) is 1.80. The van der Waals surface area contributed by atoms with E-state index in [4.69, 9.17) is 11.6 Å². The largest absolute Gasteiger partial charge is 0.378 e. The minimum atomic E-state index is -3.55. The van der Waals surface area contributed by atoms with Gasteiger partial charge in [0.25, 0.3) is 5.56 Å². The van der Waals surface area contributed by atoms with E-state index in [0.717, 1.165) is 4.31 Å². The first kappa shape index (κ1) is 16.5. The van der Waals surface area contributed by atoms with Crippen molar-refractivity contribution in [1.29, 1.82) is 0 Å². The number of aromatic nitrogens is 2. The predicted octanol–water partition coefficient (Wildman–Crippen LogP) is 1.29. The quantitative estimate of drug-likeness (QED) is 0.853. The van der Waals surface area contributed by atoms with Crippen molar-refractivity contribution in [3.8, 4) is 0 Å². The van der Waals surface area contributed by atoms with Crippen LogP contribution in [0.25, 0.3) is 0 Å². The van der Waals surface area contributed by atoms with Crippen LogP contribution in [-0.4, -0.2) is 37.0 Å².